The summed E-state index contributed by atoms with van der Waals surface area (Å²) < 4.78 is 5.47. The predicted octanol–water partition coefficient (Wildman–Crippen LogP) is 2.89. The highest BCUT2D eigenvalue weighted by molar-refractivity contribution is 6.30. The number of unbranched alkanes of at least 4 members (excludes halogenated alkanes) is 1. The summed E-state index contributed by atoms with van der Waals surface area (Å²) in [7, 11) is 0. The van der Waals surface area contributed by atoms with Crippen molar-refractivity contribution in [2.45, 2.75) is 25.4 Å². The maximum absolute atomic E-state index is 10.5. The Morgan fingerprint density at radius 3 is 2.53 bits per heavy atom. The first-order valence-corrected chi connectivity index (χ1v) is 6.37. The Kier molecular flexibility index (Phi) is 6.39. The van der Waals surface area contributed by atoms with Gasteiger partial charge in [0.05, 0.1) is 18.3 Å². The third-order valence-corrected chi connectivity index (χ3v) is 2.88. The van der Waals surface area contributed by atoms with Crippen LogP contribution in [0.1, 0.15) is 19.3 Å². The summed E-state index contributed by atoms with van der Waals surface area (Å²) in [6.45, 7) is 3.82. The van der Waals surface area contributed by atoms with Gasteiger partial charge in [0, 0.05) is 5.02 Å². The normalized spacial score (nSPS) is 11.9. The third kappa shape index (κ3) is 5.77. The molecular weight excluding hydrogens is 268 g/mol. The van der Waals surface area contributed by atoms with Crippen LogP contribution in [0.15, 0.2) is 36.4 Å². The Bertz CT molecular complexity index is 428. The van der Waals surface area contributed by atoms with Crippen molar-refractivity contribution in [2.24, 2.45) is 0 Å². The minimum absolute atomic E-state index is 0.168. The van der Waals surface area contributed by atoms with Crippen LogP contribution in [-0.2, 0) is 4.79 Å². The van der Waals surface area contributed by atoms with Crippen molar-refractivity contribution in [1.82, 2.24) is 0 Å². The van der Waals surface area contributed by atoms with Gasteiger partial charge in [-0.25, -0.2) is 4.79 Å². The van der Waals surface area contributed by atoms with Crippen LogP contribution in [0.2, 0.25) is 5.02 Å². The summed E-state index contributed by atoms with van der Waals surface area (Å²) in [4.78, 5) is 10.5. The van der Waals surface area contributed by atoms with Gasteiger partial charge >= 0.3 is 5.97 Å². The van der Waals surface area contributed by atoms with E-state index in [0.29, 0.717) is 24.5 Å². The maximum Gasteiger partial charge on any atom is 0.333 e. The number of halogens is 1. The van der Waals surface area contributed by atoms with Crippen LogP contribution in [0, 0.1) is 0 Å². The summed E-state index contributed by atoms with van der Waals surface area (Å²) >= 11 is 5.75. The number of carbonyl (C=O) groups is 1. The summed E-state index contributed by atoms with van der Waals surface area (Å²) in [5, 5.41) is 18.8. The number of aliphatic carboxylic acids is 1. The smallest absolute Gasteiger partial charge is 0.333 e. The third-order valence-electron chi connectivity index (χ3n) is 2.63. The van der Waals surface area contributed by atoms with Crippen molar-refractivity contribution in [3.63, 3.8) is 0 Å². The average molecular weight is 285 g/mol. The topological polar surface area (TPSA) is 66.8 Å². The van der Waals surface area contributed by atoms with Crippen molar-refractivity contribution >= 4 is 17.6 Å². The molecule has 0 saturated heterocycles. The minimum Gasteiger partial charge on any atom is -0.494 e. The zero-order chi connectivity index (χ0) is 14.3. The second kappa shape index (κ2) is 7.81. The Morgan fingerprint density at radius 1 is 1.32 bits per heavy atom. The zero-order valence-corrected chi connectivity index (χ0v) is 11.3. The number of aliphatic hydroxyl groups excluding tert-OH is 1. The van der Waals surface area contributed by atoms with Crippen LogP contribution < -0.4 is 4.74 Å². The van der Waals surface area contributed by atoms with Gasteiger partial charge in [0.15, 0.2) is 0 Å². The molecule has 0 spiro atoms. The highest BCUT2D eigenvalue weighted by Crippen LogP contribution is 2.16. The Morgan fingerprint density at radius 2 is 1.95 bits per heavy atom. The van der Waals surface area contributed by atoms with Crippen molar-refractivity contribution in [3.8, 4) is 5.75 Å². The first-order valence-electron chi connectivity index (χ1n) is 5.99. The van der Waals surface area contributed by atoms with Crippen LogP contribution >= 0.6 is 11.6 Å². The molecule has 0 aliphatic carbocycles. The molecule has 1 aromatic rings. The van der Waals surface area contributed by atoms with Gasteiger partial charge in [-0.3, -0.25) is 0 Å². The number of carboxylic acids is 1. The first-order chi connectivity index (χ1) is 9.00. The molecule has 0 bridgehead atoms. The van der Waals surface area contributed by atoms with Crippen LogP contribution in [0.3, 0.4) is 0 Å². The molecule has 1 aromatic carbocycles. The number of carboxylic acid groups (broad SMARTS) is 1. The monoisotopic (exact) mass is 284 g/mol. The Balaban J connectivity index is 2.16. The molecule has 19 heavy (non-hydrogen) atoms. The molecule has 1 rings (SSSR count). The van der Waals surface area contributed by atoms with Gasteiger partial charge in [0.1, 0.15) is 5.75 Å². The Labute approximate surface area is 117 Å². The van der Waals surface area contributed by atoms with Crippen LogP contribution in [0.4, 0.5) is 0 Å². The molecule has 0 heterocycles. The van der Waals surface area contributed by atoms with Crippen molar-refractivity contribution in [3.05, 3.63) is 41.4 Å². The second-order valence-electron chi connectivity index (χ2n) is 4.14. The first kappa shape index (κ1) is 15.5. The number of benzene rings is 1. The predicted molar refractivity (Wildman–Crippen MR) is 73.6 cm³/mol. The van der Waals surface area contributed by atoms with E-state index >= 15 is 0 Å². The highest BCUT2D eigenvalue weighted by Gasteiger charge is 2.14. The highest BCUT2D eigenvalue weighted by atomic mass is 35.5. The van der Waals surface area contributed by atoms with E-state index in [1.807, 2.05) is 0 Å². The fourth-order valence-electron chi connectivity index (χ4n) is 1.48. The largest absolute Gasteiger partial charge is 0.494 e. The van der Waals surface area contributed by atoms with E-state index in [-0.39, 0.29) is 5.57 Å². The van der Waals surface area contributed by atoms with E-state index in [4.69, 9.17) is 21.4 Å². The molecular formula is C14H17ClO4. The van der Waals surface area contributed by atoms with Gasteiger partial charge in [-0.15, -0.1) is 0 Å². The molecule has 0 saturated carbocycles. The quantitative estimate of drug-likeness (QED) is 0.569. The van der Waals surface area contributed by atoms with Gasteiger partial charge in [0.25, 0.3) is 0 Å². The van der Waals surface area contributed by atoms with E-state index in [1.54, 1.807) is 24.3 Å². The molecule has 0 fully saturated rings. The molecule has 0 unspecified atom stereocenters. The second-order valence-corrected chi connectivity index (χ2v) is 4.58. The van der Waals surface area contributed by atoms with Gasteiger partial charge in [0.2, 0.25) is 0 Å². The van der Waals surface area contributed by atoms with Crippen LogP contribution in [0.25, 0.3) is 0 Å². The summed E-state index contributed by atoms with van der Waals surface area (Å²) in [6.07, 6.45) is 0.774. The molecule has 5 heteroatoms. The lowest BCUT2D eigenvalue weighted by Crippen LogP contribution is -2.16. The maximum atomic E-state index is 10.5. The molecule has 2 N–H and O–H groups in total. The number of ether oxygens (including phenoxy) is 1. The molecule has 0 aromatic heterocycles. The Hall–Kier alpha value is -1.52. The summed E-state index contributed by atoms with van der Waals surface area (Å²) in [6, 6.07) is 7.06. The molecule has 0 aliphatic rings. The van der Waals surface area contributed by atoms with Crippen LogP contribution in [0.5, 0.6) is 5.75 Å². The van der Waals surface area contributed by atoms with E-state index < -0.39 is 12.1 Å². The fourth-order valence-corrected chi connectivity index (χ4v) is 1.60. The van der Waals surface area contributed by atoms with E-state index in [1.165, 1.54) is 0 Å². The van der Waals surface area contributed by atoms with Gasteiger partial charge in [-0.1, -0.05) is 18.2 Å². The number of aliphatic hydroxyl groups is 1. The summed E-state index contributed by atoms with van der Waals surface area (Å²) in [5.74, 6) is -0.426. The SMILES string of the molecule is C=C(C(=O)O)[C@H](O)CCCCOc1ccc(Cl)cc1. The van der Waals surface area contributed by atoms with Gasteiger partial charge in [-0.2, -0.15) is 0 Å². The lowest BCUT2D eigenvalue weighted by Gasteiger charge is -2.10. The minimum atomic E-state index is -1.16. The van der Waals surface area contributed by atoms with Crippen molar-refractivity contribution < 1.29 is 19.7 Å². The standard InChI is InChI=1S/C14H17ClO4/c1-10(14(17)18)13(16)4-2-3-9-19-12-7-5-11(15)6-8-12/h5-8,13,16H,1-4,9H2,(H,17,18)/t13-/m1/s1. The van der Waals surface area contributed by atoms with Crippen LogP contribution in [-0.4, -0.2) is 28.9 Å². The molecule has 0 radical (unpaired) electrons. The fraction of sp³-hybridized carbons (Fsp3) is 0.357. The number of rotatable bonds is 8. The van der Waals surface area contributed by atoms with Gasteiger partial charge in [-0.05, 0) is 43.5 Å². The summed E-state index contributed by atoms with van der Waals surface area (Å²) in [5.41, 5.74) is -0.168. The zero-order valence-electron chi connectivity index (χ0n) is 10.5. The van der Waals surface area contributed by atoms with Crippen molar-refractivity contribution in [1.29, 1.82) is 0 Å². The lowest BCUT2D eigenvalue weighted by molar-refractivity contribution is -0.133. The number of hydrogen-bond acceptors (Lipinski definition) is 3. The molecule has 1 atom stereocenters. The van der Waals surface area contributed by atoms with E-state index in [9.17, 15) is 9.90 Å². The van der Waals surface area contributed by atoms with E-state index in [0.717, 1.165) is 12.2 Å². The van der Waals surface area contributed by atoms with E-state index in [2.05, 4.69) is 6.58 Å². The lowest BCUT2D eigenvalue weighted by atomic mass is 10.1. The number of hydrogen-bond donors (Lipinski definition) is 2. The van der Waals surface area contributed by atoms with Crippen molar-refractivity contribution in [2.75, 3.05) is 6.61 Å². The molecule has 4 nitrogen and oxygen atoms in total. The average Bonchev–Trinajstić information content (AvgIpc) is 2.39. The molecule has 0 amide bonds. The van der Waals surface area contributed by atoms with Gasteiger partial charge < -0.3 is 14.9 Å². The molecule has 104 valence electrons. The molecule has 0 aliphatic heterocycles.